The quantitative estimate of drug-likeness (QED) is 0.862. The van der Waals surface area contributed by atoms with E-state index in [1.54, 1.807) is 14.0 Å². The minimum atomic E-state index is -0.857. The first-order chi connectivity index (χ1) is 8.33. The summed E-state index contributed by atoms with van der Waals surface area (Å²) in [6.07, 6.45) is 0.584. The van der Waals surface area contributed by atoms with Crippen LogP contribution < -0.4 is 15.8 Å². The molecule has 18 heavy (non-hydrogen) atoms. The Labute approximate surface area is 109 Å². The van der Waals surface area contributed by atoms with Gasteiger partial charge in [-0.3, -0.25) is 4.79 Å². The van der Waals surface area contributed by atoms with Crippen molar-refractivity contribution in [2.45, 2.75) is 39.7 Å². The normalized spacial score (nSPS) is 13.9. The summed E-state index contributed by atoms with van der Waals surface area (Å²) in [4.78, 5) is 12.0. The van der Waals surface area contributed by atoms with Crippen LogP contribution in [0.3, 0.4) is 0 Å². The van der Waals surface area contributed by atoms with Crippen LogP contribution in [0.25, 0.3) is 0 Å². The molecule has 4 heteroatoms. The fourth-order valence-corrected chi connectivity index (χ4v) is 1.70. The fourth-order valence-electron chi connectivity index (χ4n) is 1.70. The first-order valence-electron chi connectivity index (χ1n) is 6.08. The summed E-state index contributed by atoms with van der Waals surface area (Å²) >= 11 is 0. The number of ether oxygens (including phenoxy) is 1. The number of nitrogens with two attached hydrogens (primary N) is 1. The van der Waals surface area contributed by atoms with Crippen LogP contribution in [0, 0.1) is 13.8 Å². The second kappa shape index (κ2) is 5.40. The van der Waals surface area contributed by atoms with E-state index in [0.29, 0.717) is 6.42 Å². The van der Waals surface area contributed by atoms with E-state index < -0.39 is 5.54 Å². The lowest BCUT2D eigenvalue weighted by molar-refractivity contribution is -0.120. The van der Waals surface area contributed by atoms with E-state index in [9.17, 15) is 4.79 Å². The van der Waals surface area contributed by atoms with E-state index in [-0.39, 0.29) is 5.91 Å². The lowest BCUT2D eigenvalue weighted by Gasteiger charge is -2.23. The Morgan fingerprint density at radius 3 is 2.56 bits per heavy atom. The number of amides is 1. The number of hydrogen-bond donors (Lipinski definition) is 2. The number of methoxy groups -OCH3 is 1. The predicted octanol–water partition coefficient (Wildman–Crippen LogP) is 2.38. The number of aryl methyl sites for hydroxylation is 1. The summed E-state index contributed by atoms with van der Waals surface area (Å²) < 4.78 is 5.33. The largest absolute Gasteiger partial charge is 0.496 e. The lowest BCUT2D eigenvalue weighted by atomic mass is 9.99. The van der Waals surface area contributed by atoms with Gasteiger partial charge in [0.05, 0.1) is 12.6 Å². The van der Waals surface area contributed by atoms with E-state index in [2.05, 4.69) is 5.32 Å². The molecule has 1 atom stereocenters. The molecule has 100 valence electrons. The van der Waals surface area contributed by atoms with Gasteiger partial charge < -0.3 is 15.8 Å². The molecule has 1 aromatic carbocycles. The minimum absolute atomic E-state index is 0.181. The van der Waals surface area contributed by atoms with Crippen LogP contribution in [-0.2, 0) is 4.79 Å². The van der Waals surface area contributed by atoms with Gasteiger partial charge in [0.25, 0.3) is 0 Å². The number of rotatable bonds is 4. The predicted molar refractivity (Wildman–Crippen MR) is 74.0 cm³/mol. The Morgan fingerprint density at radius 2 is 2.06 bits per heavy atom. The summed E-state index contributed by atoms with van der Waals surface area (Å²) in [5.41, 5.74) is 7.76. The van der Waals surface area contributed by atoms with E-state index in [1.165, 1.54) is 0 Å². The van der Waals surface area contributed by atoms with Crippen LogP contribution >= 0.6 is 0 Å². The lowest BCUT2D eigenvalue weighted by Crippen LogP contribution is -2.47. The van der Waals surface area contributed by atoms with Crippen LogP contribution in [0.15, 0.2) is 12.1 Å². The molecule has 0 fully saturated rings. The smallest absolute Gasteiger partial charge is 0.244 e. The van der Waals surface area contributed by atoms with Crippen LogP contribution in [0.5, 0.6) is 5.75 Å². The zero-order valence-corrected chi connectivity index (χ0v) is 11.8. The molecule has 1 unspecified atom stereocenters. The fraction of sp³-hybridized carbons (Fsp3) is 0.500. The van der Waals surface area contributed by atoms with Crippen LogP contribution in [0.2, 0.25) is 0 Å². The standard InChI is InChI=1S/C14H22N2O2/c1-6-14(4,15)13(17)16-11-8-7-9(2)12(18-5)10(11)3/h7-8H,6,15H2,1-5H3,(H,16,17). The maximum Gasteiger partial charge on any atom is 0.244 e. The Balaban J connectivity index is 3.03. The maximum absolute atomic E-state index is 12.0. The van der Waals surface area contributed by atoms with Crippen molar-refractivity contribution >= 4 is 11.6 Å². The van der Waals surface area contributed by atoms with E-state index in [4.69, 9.17) is 10.5 Å². The third-order valence-corrected chi connectivity index (χ3v) is 3.31. The second-order valence-electron chi connectivity index (χ2n) is 4.81. The van der Waals surface area contributed by atoms with E-state index in [0.717, 1.165) is 22.6 Å². The highest BCUT2D eigenvalue weighted by Gasteiger charge is 2.26. The van der Waals surface area contributed by atoms with Crippen molar-refractivity contribution in [1.82, 2.24) is 0 Å². The van der Waals surface area contributed by atoms with Gasteiger partial charge in [-0.2, -0.15) is 0 Å². The molecule has 0 saturated heterocycles. The molecular formula is C14H22N2O2. The van der Waals surface area contributed by atoms with Crippen molar-refractivity contribution in [3.05, 3.63) is 23.3 Å². The summed E-state index contributed by atoms with van der Waals surface area (Å²) in [6.45, 7) is 7.50. The molecule has 0 bridgehead atoms. The van der Waals surface area contributed by atoms with E-state index in [1.807, 2.05) is 32.9 Å². The van der Waals surface area contributed by atoms with Crippen molar-refractivity contribution in [2.75, 3.05) is 12.4 Å². The first kappa shape index (κ1) is 14.5. The molecule has 3 N–H and O–H groups in total. The molecule has 0 saturated carbocycles. The molecule has 4 nitrogen and oxygen atoms in total. The SMILES string of the molecule is CCC(C)(N)C(=O)Nc1ccc(C)c(OC)c1C. The van der Waals surface area contributed by atoms with Crippen LogP contribution in [-0.4, -0.2) is 18.6 Å². The van der Waals surface area contributed by atoms with Gasteiger partial charge in [-0.15, -0.1) is 0 Å². The summed E-state index contributed by atoms with van der Waals surface area (Å²) in [6, 6.07) is 3.79. The average molecular weight is 250 g/mol. The Hall–Kier alpha value is -1.55. The number of carbonyl (C=O) groups excluding carboxylic acids is 1. The molecule has 1 rings (SSSR count). The minimum Gasteiger partial charge on any atom is -0.496 e. The van der Waals surface area contributed by atoms with Gasteiger partial charge in [-0.1, -0.05) is 13.0 Å². The van der Waals surface area contributed by atoms with Crippen molar-refractivity contribution in [3.8, 4) is 5.75 Å². The highest BCUT2D eigenvalue weighted by Crippen LogP contribution is 2.29. The first-order valence-corrected chi connectivity index (χ1v) is 6.08. The Bertz CT molecular complexity index is 453. The van der Waals surface area contributed by atoms with Gasteiger partial charge in [0.2, 0.25) is 5.91 Å². The molecule has 0 aliphatic rings. The molecule has 0 aromatic heterocycles. The van der Waals surface area contributed by atoms with Gasteiger partial charge in [0, 0.05) is 11.3 Å². The molecular weight excluding hydrogens is 228 g/mol. The molecule has 0 aliphatic carbocycles. The van der Waals surface area contributed by atoms with Crippen molar-refractivity contribution in [2.24, 2.45) is 5.73 Å². The van der Waals surface area contributed by atoms with Crippen molar-refractivity contribution in [3.63, 3.8) is 0 Å². The van der Waals surface area contributed by atoms with E-state index >= 15 is 0 Å². The number of nitrogens with one attached hydrogen (secondary N) is 1. The van der Waals surface area contributed by atoms with Gasteiger partial charge in [-0.25, -0.2) is 0 Å². The number of carbonyl (C=O) groups is 1. The zero-order chi connectivity index (χ0) is 13.9. The summed E-state index contributed by atoms with van der Waals surface area (Å²) in [5, 5.41) is 2.86. The van der Waals surface area contributed by atoms with Crippen LogP contribution in [0.4, 0.5) is 5.69 Å². The third kappa shape index (κ3) is 2.82. The van der Waals surface area contributed by atoms with Gasteiger partial charge in [0.1, 0.15) is 5.75 Å². The average Bonchev–Trinajstić information content (AvgIpc) is 2.33. The van der Waals surface area contributed by atoms with Gasteiger partial charge in [-0.05, 0) is 38.8 Å². The van der Waals surface area contributed by atoms with Gasteiger partial charge in [0.15, 0.2) is 0 Å². The molecule has 1 aromatic rings. The molecule has 0 spiro atoms. The number of anilines is 1. The molecule has 0 heterocycles. The van der Waals surface area contributed by atoms with Crippen molar-refractivity contribution < 1.29 is 9.53 Å². The number of benzene rings is 1. The molecule has 0 radical (unpaired) electrons. The Morgan fingerprint density at radius 1 is 1.44 bits per heavy atom. The third-order valence-electron chi connectivity index (χ3n) is 3.31. The summed E-state index contributed by atoms with van der Waals surface area (Å²) in [7, 11) is 1.63. The molecule has 0 aliphatic heterocycles. The monoisotopic (exact) mass is 250 g/mol. The topological polar surface area (TPSA) is 64.4 Å². The maximum atomic E-state index is 12.0. The molecule has 1 amide bonds. The van der Waals surface area contributed by atoms with Gasteiger partial charge >= 0.3 is 0 Å². The summed E-state index contributed by atoms with van der Waals surface area (Å²) in [5.74, 6) is 0.613. The second-order valence-corrected chi connectivity index (χ2v) is 4.81. The van der Waals surface area contributed by atoms with Crippen molar-refractivity contribution in [1.29, 1.82) is 0 Å². The Kier molecular flexibility index (Phi) is 4.35. The van der Waals surface area contributed by atoms with Crippen LogP contribution in [0.1, 0.15) is 31.4 Å². The zero-order valence-electron chi connectivity index (χ0n) is 11.8. The highest BCUT2D eigenvalue weighted by molar-refractivity contribution is 5.98. The number of hydrogen-bond acceptors (Lipinski definition) is 3. The highest BCUT2D eigenvalue weighted by atomic mass is 16.5.